The fraction of sp³-hybridized carbons (Fsp3) is 1.00. The number of hydrogen-bond acceptors (Lipinski definition) is 3. The molecule has 0 amide bonds. The summed E-state index contributed by atoms with van der Waals surface area (Å²) in [6.45, 7) is 4.83. The van der Waals surface area contributed by atoms with Gasteiger partial charge in [-0.15, -0.1) is 0 Å². The van der Waals surface area contributed by atoms with Gasteiger partial charge in [0.1, 0.15) is 0 Å². The van der Waals surface area contributed by atoms with E-state index in [1.807, 2.05) is 7.11 Å². The van der Waals surface area contributed by atoms with Gasteiger partial charge in [-0.1, -0.05) is 12.8 Å². The summed E-state index contributed by atoms with van der Waals surface area (Å²) in [5.41, 5.74) is 0. The van der Waals surface area contributed by atoms with Crippen LogP contribution in [-0.2, 0) is 4.74 Å². The minimum absolute atomic E-state index is 0.472. The molecule has 0 aromatic carbocycles. The van der Waals surface area contributed by atoms with E-state index in [1.165, 1.54) is 58.2 Å². The highest BCUT2D eigenvalue weighted by atomic mass is 16.5. The van der Waals surface area contributed by atoms with Gasteiger partial charge in [-0.3, -0.25) is 4.90 Å². The van der Waals surface area contributed by atoms with Gasteiger partial charge in [0, 0.05) is 26.2 Å². The molecule has 3 nitrogen and oxygen atoms in total. The zero-order valence-electron chi connectivity index (χ0n) is 10.6. The average Bonchev–Trinajstić information content (AvgIpc) is 2.58. The quantitative estimate of drug-likeness (QED) is 0.791. The normalized spacial score (nSPS) is 33.6. The summed E-state index contributed by atoms with van der Waals surface area (Å²) in [5, 5.41) is 3.68. The monoisotopic (exact) mass is 226 g/mol. The molecule has 0 spiro atoms. The van der Waals surface area contributed by atoms with Gasteiger partial charge in [-0.05, 0) is 38.8 Å². The predicted molar refractivity (Wildman–Crippen MR) is 66.7 cm³/mol. The van der Waals surface area contributed by atoms with E-state index in [4.69, 9.17) is 4.74 Å². The van der Waals surface area contributed by atoms with E-state index in [2.05, 4.69) is 10.2 Å². The Labute approximate surface area is 99.5 Å². The fourth-order valence-corrected chi connectivity index (χ4v) is 2.94. The molecule has 2 unspecified atom stereocenters. The van der Waals surface area contributed by atoms with E-state index in [0.717, 1.165) is 12.6 Å². The van der Waals surface area contributed by atoms with Crippen molar-refractivity contribution in [3.63, 3.8) is 0 Å². The van der Waals surface area contributed by atoms with Crippen LogP contribution in [0.1, 0.15) is 38.5 Å². The lowest BCUT2D eigenvalue weighted by Gasteiger charge is -2.34. The molecule has 16 heavy (non-hydrogen) atoms. The van der Waals surface area contributed by atoms with Crippen LogP contribution in [0.2, 0.25) is 0 Å². The van der Waals surface area contributed by atoms with Gasteiger partial charge in [0.05, 0.1) is 6.10 Å². The van der Waals surface area contributed by atoms with Gasteiger partial charge in [0.25, 0.3) is 0 Å². The van der Waals surface area contributed by atoms with Crippen LogP contribution in [0.4, 0.5) is 0 Å². The molecule has 2 saturated heterocycles. The largest absolute Gasteiger partial charge is 0.380 e. The first kappa shape index (κ1) is 12.3. The Hall–Kier alpha value is -0.120. The highest BCUT2D eigenvalue weighted by molar-refractivity contribution is 4.79. The van der Waals surface area contributed by atoms with Crippen LogP contribution in [-0.4, -0.2) is 50.3 Å². The maximum Gasteiger partial charge on any atom is 0.0698 e. The minimum Gasteiger partial charge on any atom is -0.380 e. The summed E-state index contributed by atoms with van der Waals surface area (Å²) in [4.78, 5) is 2.58. The van der Waals surface area contributed by atoms with E-state index in [9.17, 15) is 0 Å². The van der Waals surface area contributed by atoms with Gasteiger partial charge in [0.2, 0.25) is 0 Å². The summed E-state index contributed by atoms with van der Waals surface area (Å²) >= 11 is 0. The molecule has 0 radical (unpaired) electrons. The second-order valence-electron chi connectivity index (χ2n) is 5.26. The Kier molecular flexibility index (Phi) is 5.07. The summed E-state index contributed by atoms with van der Waals surface area (Å²) in [5.74, 6) is 0. The van der Waals surface area contributed by atoms with Gasteiger partial charge >= 0.3 is 0 Å². The second-order valence-corrected chi connectivity index (χ2v) is 5.26. The Balaban J connectivity index is 1.74. The molecule has 0 saturated carbocycles. The van der Waals surface area contributed by atoms with Crippen LogP contribution in [0.25, 0.3) is 0 Å². The first-order valence-electron chi connectivity index (χ1n) is 6.87. The third-order valence-corrected chi connectivity index (χ3v) is 3.94. The number of methoxy groups -OCH3 is 1. The molecular weight excluding hydrogens is 200 g/mol. The average molecular weight is 226 g/mol. The lowest BCUT2D eigenvalue weighted by Crippen LogP contribution is -2.46. The van der Waals surface area contributed by atoms with Crippen molar-refractivity contribution in [2.45, 2.75) is 50.7 Å². The molecule has 2 aliphatic rings. The van der Waals surface area contributed by atoms with E-state index >= 15 is 0 Å². The first-order chi connectivity index (χ1) is 7.88. The zero-order valence-corrected chi connectivity index (χ0v) is 10.6. The van der Waals surface area contributed by atoms with Crippen LogP contribution in [0.3, 0.4) is 0 Å². The molecule has 1 N–H and O–H groups in total. The Morgan fingerprint density at radius 2 is 2.12 bits per heavy atom. The summed E-state index contributed by atoms with van der Waals surface area (Å²) in [7, 11) is 1.85. The number of rotatable bonds is 3. The van der Waals surface area contributed by atoms with Gasteiger partial charge in [0.15, 0.2) is 0 Å². The number of nitrogens with one attached hydrogen (secondary N) is 1. The maximum atomic E-state index is 5.47. The molecule has 94 valence electrons. The Bertz CT molecular complexity index is 190. The lowest BCUT2D eigenvalue weighted by molar-refractivity contribution is 0.0280. The van der Waals surface area contributed by atoms with Crippen LogP contribution in [0, 0.1) is 0 Å². The summed E-state index contributed by atoms with van der Waals surface area (Å²) < 4.78 is 5.47. The molecule has 2 fully saturated rings. The number of nitrogens with zero attached hydrogens (tertiary/aromatic N) is 1. The van der Waals surface area contributed by atoms with Crippen LogP contribution >= 0.6 is 0 Å². The van der Waals surface area contributed by atoms with Crippen LogP contribution in [0.5, 0.6) is 0 Å². The smallest absolute Gasteiger partial charge is 0.0698 e. The lowest BCUT2D eigenvalue weighted by atomic mass is 10.1. The second kappa shape index (κ2) is 6.58. The maximum absolute atomic E-state index is 5.47. The number of hydrogen-bond donors (Lipinski definition) is 1. The SMILES string of the molecule is COC1CCCN(CC2CCCCCN2)C1. The Morgan fingerprint density at radius 1 is 1.19 bits per heavy atom. The summed E-state index contributed by atoms with van der Waals surface area (Å²) in [6, 6.07) is 0.720. The predicted octanol–water partition coefficient (Wildman–Crippen LogP) is 1.63. The third kappa shape index (κ3) is 3.72. The molecule has 2 aliphatic heterocycles. The highest BCUT2D eigenvalue weighted by Gasteiger charge is 2.22. The van der Waals surface area contributed by atoms with Crippen molar-refractivity contribution in [2.75, 3.05) is 33.3 Å². The molecule has 0 aromatic rings. The number of piperidine rings is 1. The molecule has 3 heteroatoms. The van der Waals surface area contributed by atoms with Gasteiger partial charge < -0.3 is 10.1 Å². The first-order valence-corrected chi connectivity index (χ1v) is 6.87. The molecule has 0 aromatic heterocycles. The van der Waals surface area contributed by atoms with Crippen molar-refractivity contribution in [1.82, 2.24) is 10.2 Å². The van der Waals surface area contributed by atoms with Crippen molar-refractivity contribution in [2.24, 2.45) is 0 Å². The van der Waals surface area contributed by atoms with Crippen LogP contribution < -0.4 is 5.32 Å². The van der Waals surface area contributed by atoms with E-state index < -0.39 is 0 Å². The topological polar surface area (TPSA) is 24.5 Å². The molecule has 0 aliphatic carbocycles. The van der Waals surface area contributed by atoms with Gasteiger partial charge in [-0.25, -0.2) is 0 Å². The standard InChI is InChI=1S/C13H26N2O/c1-16-13-7-5-9-15(11-13)10-12-6-3-2-4-8-14-12/h12-14H,2-11H2,1H3. The van der Waals surface area contributed by atoms with Crippen molar-refractivity contribution >= 4 is 0 Å². The van der Waals surface area contributed by atoms with E-state index in [1.54, 1.807) is 0 Å². The summed E-state index contributed by atoms with van der Waals surface area (Å²) in [6.07, 6.45) is 8.53. The number of likely N-dealkylation sites (tertiary alicyclic amines) is 1. The molecule has 2 heterocycles. The van der Waals surface area contributed by atoms with Crippen molar-refractivity contribution < 1.29 is 4.74 Å². The van der Waals surface area contributed by atoms with Crippen molar-refractivity contribution in [3.8, 4) is 0 Å². The minimum atomic E-state index is 0.472. The molecule has 2 rings (SSSR count). The van der Waals surface area contributed by atoms with Gasteiger partial charge in [-0.2, -0.15) is 0 Å². The van der Waals surface area contributed by atoms with Crippen molar-refractivity contribution in [3.05, 3.63) is 0 Å². The zero-order chi connectivity index (χ0) is 11.2. The molecule has 2 atom stereocenters. The third-order valence-electron chi connectivity index (χ3n) is 3.94. The number of ether oxygens (including phenoxy) is 1. The molecular formula is C13H26N2O. The van der Waals surface area contributed by atoms with E-state index in [0.29, 0.717) is 6.10 Å². The fourth-order valence-electron chi connectivity index (χ4n) is 2.94. The Morgan fingerprint density at radius 3 is 3.00 bits per heavy atom. The van der Waals surface area contributed by atoms with Crippen molar-refractivity contribution in [1.29, 1.82) is 0 Å². The highest BCUT2D eigenvalue weighted by Crippen LogP contribution is 2.15. The van der Waals surface area contributed by atoms with Crippen LogP contribution in [0.15, 0.2) is 0 Å². The molecule has 0 bridgehead atoms. The van der Waals surface area contributed by atoms with E-state index in [-0.39, 0.29) is 0 Å².